The van der Waals surface area contributed by atoms with E-state index in [1.165, 1.54) is 23.6 Å². The highest BCUT2D eigenvalue weighted by molar-refractivity contribution is 7.21. The van der Waals surface area contributed by atoms with Gasteiger partial charge in [-0.25, -0.2) is 4.39 Å². The number of thiophene rings is 1. The number of pyridine rings is 1. The van der Waals surface area contributed by atoms with E-state index in [1.807, 2.05) is 18.2 Å². The summed E-state index contributed by atoms with van der Waals surface area (Å²) in [5.74, 6) is 0.110. The zero-order valence-corrected chi connectivity index (χ0v) is 22.6. The number of aromatic nitrogens is 1. The number of aryl methyl sites for hydroxylation is 3. The number of carbonyl (C=O) groups is 2. The Labute approximate surface area is 228 Å². The Morgan fingerprint density at radius 1 is 0.949 bits per heavy atom. The molecular formula is C31H25FN2O4S. The van der Waals surface area contributed by atoms with Crippen LogP contribution in [0.3, 0.4) is 0 Å². The van der Waals surface area contributed by atoms with Crippen molar-refractivity contribution in [3.05, 3.63) is 111 Å². The van der Waals surface area contributed by atoms with Crippen molar-refractivity contribution in [3.63, 3.8) is 0 Å². The second-order valence-electron chi connectivity index (χ2n) is 9.37. The lowest BCUT2D eigenvalue weighted by atomic mass is 9.99. The first-order chi connectivity index (χ1) is 18.6. The molecule has 1 amide bonds. The molecule has 0 saturated heterocycles. The van der Waals surface area contributed by atoms with Gasteiger partial charge in [0.2, 0.25) is 0 Å². The molecule has 0 aliphatic heterocycles. The van der Waals surface area contributed by atoms with Gasteiger partial charge in [-0.3, -0.25) is 14.4 Å². The number of para-hydroxylation sites is 1. The molecule has 6 nitrogen and oxygen atoms in total. The number of anilines is 1. The number of halogens is 1. The van der Waals surface area contributed by atoms with Crippen molar-refractivity contribution < 1.29 is 18.7 Å². The Balaban J connectivity index is 1.68. The van der Waals surface area contributed by atoms with Crippen LogP contribution in [0, 0.1) is 19.7 Å². The molecule has 0 aliphatic carbocycles. The van der Waals surface area contributed by atoms with E-state index in [-0.39, 0.29) is 23.1 Å². The van der Waals surface area contributed by atoms with E-state index in [0.717, 1.165) is 11.3 Å². The molecule has 0 radical (unpaired) electrons. The smallest absolute Gasteiger partial charge is 0.268 e. The van der Waals surface area contributed by atoms with Crippen LogP contribution in [0.4, 0.5) is 10.1 Å². The van der Waals surface area contributed by atoms with E-state index in [4.69, 9.17) is 4.74 Å². The quantitative estimate of drug-likeness (QED) is 0.230. The Kier molecular flexibility index (Phi) is 6.89. The van der Waals surface area contributed by atoms with Crippen molar-refractivity contribution in [1.29, 1.82) is 0 Å². The van der Waals surface area contributed by atoms with Crippen LogP contribution in [0.15, 0.2) is 77.7 Å². The first kappa shape index (κ1) is 26.1. The van der Waals surface area contributed by atoms with Crippen LogP contribution < -0.4 is 15.6 Å². The number of amides is 1. The summed E-state index contributed by atoms with van der Waals surface area (Å²) in [6.07, 6.45) is 1.67. The summed E-state index contributed by atoms with van der Waals surface area (Å²) >= 11 is 1.11. The Bertz CT molecular complexity index is 1800. The highest BCUT2D eigenvalue weighted by atomic mass is 32.1. The standard InChI is InChI=1S/C31H25FN2O4S/c1-17-12-21(32)13-18(2)28(17)38-26-11-10-20(19(3)35)14-23(26)25-16-34(4)31(37)29-24(25)15-27(39-29)30(36)33-22-8-6-5-7-9-22/h5-16H,1-4H3,(H,33,36). The minimum atomic E-state index is -0.358. The topological polar surface area (TPSA) is 77.4 Å². The molecule has 0 fully saturated rings. The minimum Gasteiger partial charge on any atom is -0.456 e. The summed E-state index contributed by atoms with van der Waals surface area (Å²) < 4.78 is 22.1. The van der Waals surface area contributed by atoms with E-state index in [1.54, 1.807) is 63.5 Å². The zero-order valence-electron chi connectivity index (χ0n) is 21.8. The molecule has 196 valence electrons. The predicted molar refractivity (Wildman–Crippen MR) is 153 cm³/mol. The minimum absolute atomic E-state index is 0.133. The fourth-order valence-corrected chi connectivity index (χ4v) is 5.54. The highest BCUT2D eigenvalue weighted by Gasteiger charge is 2.21. The molecule has 2 heterocycles. The Morgan fingerprint density at radius 3 is 2.31 bits per heavy atom. The number of fused-ring (bicyclic) bond motifs is 1. The lowest BCUT2D eigenvalue weighted by molar-refractivity contribution is 0.101. The van der Waals surface area contributed by atoms with Gasteiger partial charge >= 0.3 is 0 Å². The van der Waals surface area contributed by atoms with Crippen molar-refractivity contribution in [2.75, 3.05) is 5.32 Å². The summed E-state index contributed by atoms with van der Waals surface area (Å²) in [7, 11) is 1.64. The highest BCUT2D eigenvalue weighted by Crippen LogP contribution is 2.41. The summed E-state index contributed by atoms with van der Waals surface area (Å²) in [5.41, 5.74) is 3.29. The maximum Gasteiger partial charge on any atom is 0.268 e. The molecule has 0 bridgehead atoms. The number of hydrogen-bond donors (Lipinski definition) is 1. The number of ether oxygens (including phenoxy) is 1. The van der Waals surface area contributed by atoms with Crippen LogP contribution in [-0.2, 0) is 7.05 Å². The fourth-order valence-electron chi connectivity index (χ4n) is 4.49. The van der Waals surface area contributed by atoms with Gasteiger partial charge in [0.1, 0.15) is 22.0 Å². The van der Waals surface area contributed by atoms with Gasteiger partial charge in [-0.05, 0) is 80.4 Å². The third kappa shape index (κ3) is 5.11. The summed E-state index contributed by atoms with van der Waals surface area (Å²) in [6, 6.07) is 18.6. The number of benzene rings is 3. The SMILES string of the molecule is CC(=O)c1ccc(Oc2c(C)cc(F)cc2C)c(-c2cn(C)c(=O)c3sc(C(=O)Nc4ccccc4)cc23)c1. The van der Waals surface area contributed by atoms with Gasteiger partial charge in [0.05, 0.1) is 4.88 Å². The van der Waals surface area contributed by atoms with E-state index >= 15 is 0 Å². The summed E-state index contributed by atoms with van der Waals surface area (Å²) in [4.78, 5) is 38.8. The zero-order chi connectivity index (χ0) is 27.8. The molecule has 0 aliphatic rings. The molecule has 2 aromatic heterocycles. The molecule has 0 atom stereocenters. The van der Waals surface area contributed by atoms with Crippen LogP contribution >= 0.6 is 11.3 Å². The lowest BCUT2D eigenvalue weighted by Gasteiger charge is -2.17. The van der Waals surface area contributed by atoms with E-state index in [9.17, 15) is 18.8 Å². The lowest BCUT2D eigenvalue weighted by Crippen LogP contribution is -2.15. The third-order valence-electron chi connectivity index (χ3n) is 6.43. The Morgan fingerprint density at radius 2 is 1.64 bits per heavy atom. The summed E-state index contributed by atoms with van der Waals surface area (Å²) in [6.45, 7) is 4.99. The largest absolute Gasteiger partial charge is 0.456 e. The molecular weight excluding hydrogens is 515 g/mol. The first-order valence-electron chi connectivity index (χ1n) is 12.2. The van der Waals surface area contributed by atoms with E-state index in [0.29, 0.717) is 60.0 Å². The maximum absolute atomic E-state index is 13.9. The number of carbonyl (C=O) groups excluding carboxylic acids is 2. The van der Waals surface area contributed by atoms with Crippen molar-refractivity contribution in [2.24, 2.45) is 7.05 Å². The van der Waals surface area contributed by atoms with Crippen LogP contribution in [0.2, 0.25) is 0 Å². The van der Waals surface area contributed by atoms with Crippen LogP contribution in [-0.4, -0.2) is 16.3 Å². The fraction of sp³-hybridized carbons (Fsp3) is 0.129. The van der Waals surface area contributed by atoms with Gasteiger partial charge in [-0.2, -0.15) is 0 Å². The number of hydrogen-bond acceptors (Lipinski definition) is 5. The van der Waals surface area contributed by atoms with E-state index < -0.39 is 0 Å². The van der Waals surface area contributed by atoms with Gasteiger partial charge in [-0.1, -0.05) is 18.2 Å². The second-order valence-corrected chi connectivity index (χ2v) is 10.4. The normalized spacial score (nSPS) is 11.0. The molecule has 3 aromatic carbocycles. The van der Waals surface area contributed by atoms with Crippen molar-refractivity contribution in [1.82, 2.24) is 4.57 Å². The van der Waals surface area contributed by atoms with Gasteiger partial charge in [0, 0.05) is 41.0 Å². The van der Waals surface area contributed by atoms with Gasteiger partial charge in [0.25, 0.3) is 11.5 Å². The van der Waals surface area contributed by atoms with Gasteiger partial charge in [-0.15, -0.1) is 11.3 Å². The third-order valence-corrected chi connectivity index (χ3v) is 7.55. The van der Waals surface area contributed by atoms with Gasteiger partial charge < -0.3 is 14.6 Å². The number of Topliss-reactive ketones (excluding diaryl/α,β-unsaturated/α-hetero) is 1. The van der Waals surface area contributed by atoms with Crippen molar-refractivity contribution in [3.8, 4) is 22.6 Å². The molecule has 0 unspecified atom stereocenters. The van der Waals surface area contributed by atoms with Crippen LogP contribution in [0.25, 0.3) is 21.2 Å². The van der Waals surface area contributed by atoms with Crippen molar-refractivity contribution >= 4 is 38.8 Å². The van der Waals surface area contributed by atoms with E-state index in [2.05, 4.69) is 5.32 Å². The predicted octanol–water partition coefficient (Wildman–Crippen LogP) is 7.27. The number of nitrogens with one attached hydrogen (secondary N) is 1. The first-order valence-corrected chi connectivity index (χ1v) is 13.0. The maximum atomic E-state index is 13.9. The average Bonchev–Trinajstić information content (AvgIpc) is 3.35. The molecule has 39 heavy (non-hydrogen) atoms. The summed E-state index contributed by atoms with van der Waals surface area (Å²) in [5, 5.41) is 3.43. The number of nitrogens with zero attached hydrogens (tertiary/aromatic N) is 1. The second kappa shape index (κ2) is 10.3. The Hall–Kier alpha value is -4.56. The van der Waals surface area contributed by atoms with Gasteiger partial charge in [0.15, 0.2) is 5.78 Å². The monoisotopic (exact) mass is 540 g/mol. The average molecular weight is 541 g/mol. The number of rotatable bonds is 6. The van der Waals surface area contributed by atoms with Crippen LogP contribution in [0.1, 0.15) is 38.1 Å². The van der Waals surface area contributed by atoms with Crippen molar-refractivity contribution in [2.45, 2.75) is 20.8 Å². The molecule has 5 aromatic rings. The molecule has 5 rings (SSSR count). The number of ketones is 1. The molecule has 0 spiro atoms. The molecule has 0 saturated carbocycles. The van der Waals surface area contributed by atoms with Crippen LogP contribution in [0.5, 0.6) is 11.5 Å². The molecule has 1 N–H and O–H groups in total. The molecule has 8 heteroatoms.